The van der Waals surface area contributed by atoms with Crippen molar-refractivity contribution in [3.05, 3.63) is 35.9 Å². The molecule has 0 spiro atoms. The molecule has 1 fully saturated rings. The van der Waals surface area contributed by atoms with Crippen molar-refractivity contribution in [2.24, 2.45) is 5.73 Å². The topological polar surface area (TPSA) is 75.4 Å². The van der Waals surface area contributed by atoms with E-state index in [1.165, 1.54) is 6.42 Å². The minimum Gasteiger partial charge on any atom is -0.341 e. The standard InChI is InChI=1S/C17H25N3O2S/c18-9-12-23-13-15(17(22)20-10-5-2-6-11-20)19-16(21)14-7-3-1-4-8-14/h1,3-4,7-8,15H,2,5-6,9-13,18H2,(H,19,21)/t15-/m0/s1. The Morgan fingerprint density at radius 2 is 1.87 bits per heavy atom. The van der Waals surface area contributed by atoms with Gasteiger partial charge in [-0.2, -0.15) is 11.8 Å². The van der Waals surface area contributed by atoms with Crippen LogP contribution in [0, 0.1) is 0 Å². The minimum absolute atomic E-state index is 0.0264. The molecule has 2 amide bonds. The third-order valence-corrected chi connectivity index (χ3v) is 4.95. The molecule has 126 valence electrons. The van der Waals surface area contributed by atoms with E-state index in [-0.39, 0.29) is 11.8 Å². The predicted molar refractivity (Wildman–Crippen MR) is 94.5 cm³/mol. The van der Waals surface area contributed by atoms with Crippen LogP contribution in [0.2, 0.25) is 0 Å². The summed E-state index contributed by atoms with van der Waals surface area (Å²) in [6.45, 7) is 2.15. The van der Waals surface area contributed by atoms with Gasteiger partial charge in [0.05, 0.1) is 0 Å². The molecule has 1 atom stereocenters. The van der Waals surface area contributed by atoms with Crippen molar-refractivity contribution in [3.63, 3.8) is 0 Å². The summed E-state index contributed by atoms with van der Waals surface area (Å²) in [5, 5.41) is 2.90. The summed E-state index contributed by atoms with van der Waals surface area (Å²) in [6.07, 6.45) is 3.26. The highest BCUT2D eigenvalue weighted by molar-refractivity contribution is 7.99. The molecule has 3 N–H and O–H groups in total. The molecule has 0 aliphatic carbocycles. The summed E-state index contributed by atoms with van der Waals surface area (Å²) >= 11 is 1.60. The lowest BCUT2D eigenvalue weighted by Gasteiger charge is -2.30. The molecule has 0 aromatic heterocycles. The number of nitrogens with one attached hydrogen (secondary N) is 1. The fraction of sp³-hybridized carbons (Fsp3) is 0.529. The van der Waals surface area contributed by atoms with Gasteiger partial charge < -0.3 is 16.0 Å². The molecule has 0 bridgehead atoms. The lowest BCUT2D eigenvalue weighted by molar-refractivity contribution is -0.133. The number of nitrogens with zero attached hydrogens (tertiary/aromatic N) is 1. The van der Waals surface area contributed by atoms with Crippen LogP contribution in [0.15, 0.2) is 30.3 Å². The first-order chi connectivity index (χ1) is 11.2. The number of thioether (sulfide) groups is 1. The Hall–Kier alpha value is -1.53. The summed E-state index contributed by atoms with van der Waals surface area (Å²) in [4.78, 5) is 27.0. The largest absolute Gasteiger partial charge is 0.341 e. The van der Waals surface area contributed by atoms with Gasteiger partial charge in [0.1, 0.15) is 6.04 Å². The first kappa shape index (κ1) is 17.8. The third kappa shape index (κ3) is 5.55. The van der Waals surface area contributed by atoms with Crippen molar-refractivity contribution in [3.8, 4) is 0 Å². The Balaban J connectivity index is 2.00. The summed E-state index contributed by atoms with van der Waals surface area (Å²) in [5.74, 6) is 1.17. The molecule has 1 aliphatic rings. The average Bonchev–Trinajstić information content (AvgIpc) is 2.62. The number of hydrogen-bond donors (Lipinski definition) is 2. The van der Waals surface area contributed by atoms with Crippen LogP contribution in [0.5, 0.6) is 0 Å². The molecule has 0 unspecified atom stereocenters. The highest BCUT2D eigenvalue weighted by Gasteiger charge is 2.27. The number of rotatable bonds is 7. The summed E-state index contributed by atoms with van der Waals surface area (Å²) in [5.41, 5.74) is 6.10. The lowest BCUT2D eigenvalue weighted by Crippen LogP contribution is -2.51. The monoisotopic (exact) mass is 335 g/mol. The zero-order valence-electron chi connectivity index (χ0n) is 13.4. The molecule has 6 heteroatoms. The first-order valence-corrected chi connectivity index (χ1v) is 9.30. The van der Waals surface area contributed by atoms with E-state index in [0.29, 0.717) is 17.9 Å². The Labute approximate surface area is 142 Å². The molecule has 2 rings (SSSR count). The second-order valence-corrected chi connectivity index (χ2v) is 6.79. The lowest BCUT2D eigenvalue weighted by atomic mass is 10.1. The highest BCUT2D eigenvalue weighted by atomic mass is 32.2. The van der Waals surface area contributed by atoms with E-state index >= 15 is 0 Å². The van der Waals surface area contributed by atoms with Crippen molar-refractivity contribution in [1.82, 2.24) is 10.2 Å². The van der Waals surface area contributed by atoms with Crippen molar-refractivity contribution in [2.45, 2.75) is 25.3 Å². The fourth-order valence-electron chi connectivity index (χ4n) is 2.62. The molecule has 23 heavy (non-hydrogen) atoms. The fourth-order valence-corrected chi connectivity index (χ4v) is 3.42. The Bertz CT molecular complexity index is 504. The number of nitrogens with two attached hydrogens (primary N) is 1. The second-order valence-electron chi connectivity index (χ2n) is 5.64. The zero-order chi connectivity index (χ0) is 16.5. The molecule has 0 radical (unpaired) electrons. The molecule has 5 nitrogen and oxygen atoms in total. The van der Waals surface area contributed by atoms with Gasteiger partial charge in [0.15, 0.2) is 0 Å². The average molecular weight is 335 g/mol. The predicted octanol–water partition coefficient (Wildman–Crippen LogP) is 1.49. The van der Waals surface area contributed by atoms with Gasteiger partial charge in [-0.05, 0) is 31.4 Å². The number of likely N-dealkylation sites (tertiary alicyclic amines) is 1. The van der Waals surface area contributed by atoms with Crippen LogP contribution in [-0.4, -0.2) is 53.9 Å². The summed E-state index contributed by atoms with van der Waals surface area (Å²) in [6, 6.07) is 8.52. The molecular weight excluding hydrogens is 310 g/mol. The van der Waals surface area contributed by atoms with E-state index in [4.69, 9.17) is 5.73 Å². The number of hydrogen-bond acceptors (Lipinski definition) is 4. The Morgan fingerprint density at radius 1 is 1.17 bits per heavy atom. The van der Waals surface area contributed by atoms with Gasteiger partial charge in [-0.15, -0.1) is 0 Å². The van der Waals surface area contributed by atoms with Gasteiger partial charge in [-0.1, -0.05) is 18.2 Å². The number of carbonyl (C=O) groups excluding carboxylic acids is 2. The van der Waals surface area contributed by atoms with Crippen molar-refractivity contribution < 1.29 is 9.59 Å². The van der Waals surface area contributed by atoms with Gasteiger partial charge in [0.25, 0.3) is 5.91 Å². The smallest absolute Gasteiger partial charge is 0.251 e. The van der Waals surface area contributed by atoms with E-state index in [1.54, 1.807) is 23.9 Å². The second kappa shape index (κ2) is 9.57. The quantitative estimate of drug-likeness (QED) is 0.740. The minimum atomic E-state index is -0.489. The van der Waals surface area contributed by atoms with E-state index in [2.05, 4.69) is 5.32 Å². The van der Waals surface area contributed by atoms with Crippen molar-refractivity contribution in [2.75, 3.05) is 31.1 Å². The van der Waals surface area contributed by atoms with Gasteiger partial charge >= 0.3 is 0 Å². The summed E-state index contributed by atoms with van der Waals surface area (Å²) in [7, 11) is 0. The van der Waals surface area contributed by atoms with E-state index in [0.717, 1.165) is 31.7 Å². The Morgan fingerprint density at radius 3 is 2.52 bits per heavy atom. The van der Waals surface area contributed by atoms with Crippen LogP contribution in [0.3, 0.4) is 0 Å². The van der Waals surface area contributed by atoms with E-state index in [9.17, 15) is 9.59 Å². The maximum Gasteiger partial charge on any atom is 0.251 e. The molecule has 1 aliphatic heterocycles. The summed E-state index contributed by atoms with van der Waals surface area (Å²) < 4.78 is 0. The molecule has 1 aromatic carbocycles. The normalized spacial score (nSPS) is 16.0. The first-order valence-electron chi connectivity index (χ1n) is 8.15. The molecule has 0 saturated carbocycles. The van der Waals surface area contributed by atoms with Gasteiger partial charge in [0.2, 0.25) is 5.91 Å². The van der Waals surface area contributed by atoms with Crippen LogP contribution in [-0.2, 0) is 4.79 Å². The third-order valence-electron chi connectivity index (χ3n) is 3.85. The van der Waals surface area contributed by atoms with Crippen LogP contribution in [0.1, 0.15) is 29.6 Å². The molecular formula is C17H25N3O2S. The molecule has 1 saturated heterocycles. The van der Waals surface area contributed by atoms with Crippen LogP contribution in [0.4, 0.5) is 0 Å². The Kier molecular flexibility index (Phi) is 7.42. The highest BCUT2D eigenvalue weighted by Crippen LogP contribution is 2.13. The van der Waals surface area contributed by atoms with E-state index in [1.807, 2.05) is 23.1 Å². The van der Waals surface area contributed by atoms with Gasteiger partial charge in [-0.25, -0.2) is 0 Å². The van der Waals surface area contributed by atoms with Crippen molar-refractivity contribution >= 4 is 23.6 Å². The van der Waals surface area contributed by atoms with Gasteiger partial charge in [0, 0.05) is 36.7 Å². The van der Waals surface area contributed by atoms with E-state index < -0.39 is 6.04 Å². The van der Waals surface area contributed by atoms with Crippen LogP contribution < -0.4 is 11.1 Å². The zero-order valence-corrected chi connectivity index (χ0v) is 14.2. The number of carbonyl (C=O) groups is 2. The number of benzene rings is 1. The van der Waals surface area contributed by atoms with Crippen molar-refractivity contribution in [1.29, 1.82) is 0 Å². The number of amides is 2. The molecule has 1 heterocycles. The molecule has 1 aromatic rings. The van der Waals surface area contributed by atoms with Gasteiger partial charge in [-0.3, -0.25) is 9.59 Å². The van der Waals surface area contributed by atoms with Crippen LogP contribution in [0.25, 0.3) is 0 Å². The SMILES string of the molecule is NCCSC[C@H](NC(=O)c1ccccc1)C(=O)N1CCCCC1. The maximum absolute atomic E-state index is 12.7. The van der Waals surface area contributed by atoms with Crippen LogP contribution >= 0.6 is 11.8 Å². The maximum atomic E-state index is 12.7. The number of piperidine rings is 1.